The number of nitrogens with one attached hydrogen (secondary N) is 1. The van der Waals surface area contributed by atoms with Crippen LogP contribution in [0.2, 0.25) is 0 Å². The molecule has 0 aliphatic rings. The molecule has 0 aliphatic heterocycles. The molecule has 39 heavy (non-hydrogen) atoms. The lowest BCUT2D eigenvalue weighted by molar-refractivity contribution is 0.396. The van der Waals surface area contributed by atoms with Crippen LogP contribution in [-0.4, -0.2) is 36.4 Å². The Bertz CT molecular complexity index is 1810. The van der Waals surface area contributed by atoms with Gasteiger partial charge in [0.1, 0.15) is 11.5 Å². The van der Waals surface area contributed by atoms with Gasteiger partial charge in [0, 0.05) is 18.8 Å². The molecule has 10 heteroatoms. The van der Waals surface area contributed by atoms with Gasteiger partial charge in [-0.05, 0) is 31.2 Å². The molecule has 0 amide bonds. The maximum Gasteiger partial charge on any atom is 0.267 e. The van der Waals surface area contributed by atoms with Crippen LogP contribution in [0, 0.1) is 11.8 Å². The van der Waals surface area contributed by atoms with Crippen molar-refractivity contribution in [2.75, 3.05) is 12.8 Å². The average Bonchev–Trinajstić information content (AvgIpc) is 3.36. The summed E-state index contributed by atoms with van der Waals surface area (Å²) in [4.78, 5) is 27.5. The Morgan fingerprint density at radius 2 is 1.90 bits per heavy atom. The molecule has 0 fully saturated rings. The van der Waals surface area contributed by atoms with E-state index in [1.54, 1.807) is 21.5 Å². The summed E-state index contributed by atoms with van der Waals surface area (Å²) in [6, 6.07) is 14.4. The van der Waals surface area contributed by atoms with Gasteiger partial charge in [-0.2, -0.15) is 10.1 Å². The molecule has 3 aromatic heterocycles. The third-order valence-electron chi connectivity index (χ3n) is 6.03. The van der Waals surface area contributed by atoms with Crippen molar-refractivity contribution >= 4 is 22.4 Å². The van der Waals surface area contributed by atoms with Gasteiger partial charge in [-0.3, -0.25) is 14.0 Å². The fraction of sp³-hybridized carbons (Fsp3) is 0.138. The minimum absolute atomic E-state index is 0.169. The minimum Gasteiger partial charge on any atom is -0.480 e. The number of hydrogen-bond donors (Lipinski definition) is 2. The number of aromatic nitrogens is 6. The second-order valence-electron chi connectivity index (χ2n) is 8.79. The Kier molecular flexibility index (Phi) is 6.80. The van der Waals surface area contributed by atoms with Gasteiger partial charge in [-0.1, -0.05) is 42.7 Å². The number of fused-ring (bicyclic) bond motifs is 1. The number of nitrogens with two attached hydrogens (primary N) is 1. The number of ether oxygens (including phenoxy) is 1. The predicted octanol–water partition coefficient (Wildman–Crippen LogP) is 3.22. The lowest BCUT2D eigenvalue weighted by Gasteiger charge is -2.22. The SMILES string of the molecule is C=C(NC(C)c1nc2cccc(C#Cc3cnn(C)c3)c2c(=O)n1-c1ccccc1)c1ncc(OC)nc1N. The van der Waals surface area contributed by atoms with E-state index in [0.29, 0.717) is 45.2 Å². The zero-order valence-corrected chi connectivity index (χ0v) is 21.7. The highest BCUT2D eigenvalue weighted by Gasteiger charge is 2.21. The Hall–Kier alpha value is -5.43. The van der Waals surface area contributed by atoms with Crippen LogP contribution in [-0.2, 0) is 7.05 Å². The maximum absolute atomic E-state index is 14.1. The first-order chi connectivity index (χ1) is 18.9. The van der Waals surface area contributed by atoms with Gasteiger partial charge in [0.25, 0.3) is 5.56 Å². The highest BCUT2D eigenvalue weighted by atomic mass is 16.5. The van der Waals surface area contributed by atoms with Crippen molar-refractivity contribution in [1.29, 1.82) is 0 Å². The molecule has 1 atom stereocenters. The van der Waals surface area contributed by atoms with Crippen LogP contribution < -0.4 is 21.3 Å². The van der Waals surface area contributed by atoms with E-state index in [1.807, 2.05) is 62.6 Å². The summed E-state index contributed by atoms with van der Waals surface area (Å²) in [5.74, 6) is 7.17. The number of nitrogens with zero attached hydrogens (tertiary/aromatic N) is 6. The summed E-state index contributed by atoms with van der Waals surface area (Å²) < 4.78 is 8.35. The highest BCUT2D eigenvalue weighted by molar-refractivity contribution is 5.85. The molecule has 5 aromatic rings. The summed E-state index contributed by atoms with van der Waals surface area (Å²) >= 11 is 0. The number of rotatable bonds is 6. The summed E-state index contributed by atoms with van der Waals surface area (Å²) in [5, 5.41) is 7.86. The topological polar surface area (TPSA) is 126 Å². The standard InChI is InChI=1S/C29H26N8O2/c1-18(26-27(30)35-24(39-4)16-31-26)33-19(2)28-34-23-12-8-9-21(14-13-20-15-32-36(3)17-20)25(23)29(38)37(28)22-10-6-5-7-11-22/h5-12,15-17,19,33H,1H2,2-4H3,(H2,30,35). The van der Waals surface area contributed by atoms with E-state index >= 15 is 0 Å². The number of anilines is 1. The van der Waals surface area contributed by atoms with E-state index in [2.05, 4.69) is 38.8 Å². The smallest absolute Gasteiger partial charge is 0.267 e. The normalized spacial score (nSPS) is 11.5. The molecule has 5 rings (SSSR count). The Morgan fingerprint density at radius 1 is 1.10 bits per heavy atom. The van der Waals surface area contributed by atoms with Gasteiger partial charge in [0.2, 0.25) is 5.88 Å². The van der Waals surface area contributed by atoms with Crippen LogP contribution in [0.4, 0.5) is 5.82 Å². The first-order valence-electron chi connectivity index (χ1n) is 12.1. The van der Waals surface area contributed by atoms with E-state index in [0.717, 1.165) is 5.56 Å². The van der Waals surface area contributed by atoms with Gasteiger partial charge in [-0.15, -0.1) is 0 Å². The van der Waals surface area contributed by atoms with Crippen molar-refractivity contribution in [3.05, 3.63) is 107 Å². The molecular weight excluding hydrogens is 492 g/mol. The lowest BCUT2D eigenvalue weighted by atomic mass is 10.1. The average molecular weight is 519 g/mol. The van der Waals surface area contributed by atoms with Crippen molar-refractivity contribution in [2.24, 2.45) is 7.05 Å². The second kappa shape index (κ2) is 10.5. The number of nitrogen functional groups attached to an aromatic ring is 1. The van der Waals surface area contributed by atoms with E-state index in [9.17, 15) is 4.79 Å². The summed E-state index contributed by atoms with van der Waals surface area (Å²) in [7, 11) is 3.31. The van der Waals surface area contributed by atoms with Crippen molar-refractivity contribution in [3.8, 4) is 23.4 Å². The van der Waals surface area contributed by atoms with Crippen molar-refractivity contribution < 1.29 is 4.74 Å². The minimum atomic E-state index is -0.455. The third-order valence-corrected chi connectivity index (χ3v) is 6.03. The molecular formula is C29H26N8O2. The van der Waals surface area contributed by atoms with Gasteiger partial charge in [0.15, 0.2) is 5.82 Å². The zero-order chi connectivity index (χ0) is 27.5. The van der Waals surface area contributed by atoms with Crippen LogP contribution >= 0.6 is 0 Å². The number of aryl methyl sites for hydroxylation is 1. The fourth-order valence-corrected chi connectivity index (χ4v) is 4.21. The molecule has 1 unspecified atom stereocenters. The van der Waals surface area contributed by atoms with Crippen molar-refractivity contribution in [3.63, 3.8) is 0 Å². The van der Waals surface area contributed by atoms with E-state index < -0.39 is 6.04 Å². The number of methoxy groups -OCH3 is 1. The quantitative estimate of drug-likeness (QED) is 0.328. The first kappa shape index (κ1) is 25.2. The fourth-order valence-electron chi connectivity index (χ4n) is 4.21. The molecule has 2 aromatic carbocycles. The molecule has 3 N–H and O–H groups in total. The second-order valence-corrected chi connectivity index (χ2v) is 8.79. The molecule has 10 nitrogen and oxygen atoms in total. The molecule has 3 heterocycles. The molecule has 0 saturated carbocycles. The van der Waals surface area contributed by atoms with Gasteiger partial charge >= 0.3 is 0 Å². The molecule has 0 bridgehead atoms. The van der Waals surface area contributed by atoms with Crippen LogP contribution in [0.3, 0.4) is 0 Å². The zero-order valence-electron chi connectivity index (χ0n) is 21.7. The Labute approximate surface area is 224 Å². The largest absolute Gasteiger partial charge is 0.480 e. The Balaban J connectivity index is 1.62. The van der Waals surface area contributed by atoms with Crippen LogP contribution in [0.5, 0.6) is 5.88 Å². The molecule has 0 saturated heterocycles. The molecule has 0 spiro atoms. The molecule has 0 radical (unpaired) electrons. The van der Waals surface area contributed by atoms with Crippen LogP contribution in [0.15, 0.2) is 78.5 Å². The summed E-state index contributed by atoms with van der Waals surface area (Å²) in [6.07, 6.45) is 4.96. The van der Waals surface area contributed by atoms with Gasteiger partial charge in [0.05, 0.1) is 53.4 Å². The van der Waals surface area contributed by atoms with E-state index in [4.69, 9.17) is 15.5 Å². The number of hydrogen-bond acceptors (Lipinski definition) is 8. The van der Waals surface area contributed by atoms with Gasteiger partial charge in [-0.25, -0.2) is 9.97 Å². The summed E-state index contributed by atoms with van der Waals surface area (Å²) in [6.45, 7) is 5.97. The van der Waals surface area contributed by atoms with Crippen molar-refractivity contribution in [2.45, 2.75) is 13.0 Å². The molecule has 0 aliphatic carbocycles. The number of benzene rings is 2. The number of para-hydroxylation sites is 1. The van der Waals surface area contributed by atoms with E-state index in [-0.39, 0.29) is 11.4 Å². The lowest BCUT2D eigenvalue weighted by Crippen LogP contribution is -2.30. The highest BCUT2D eigenvalue weighted by Crippen LogP contribution is 2.23. The first-order valence-corrected chi connectivity index (χ1v) is 12.1. The van der Waals surface area contributed by atoms with Gasteiger partial charge < -0.3 is 15.8 Å². The van der Waals surface area contributed by atoms with Crippen molar-refractivity contribution in [1.82, 2.24) is 34.6 Å². The van der Waals surface area contributed by atoms with E-state index in [1.165, 1.54) is 13.3 Å². The molecule has 194 valence electrons. The summed E-state index contributed by atoms with van der Waals surface area (Å²) in [5.41, 5.74) is 9.18. The maximum atomic E-state index is 14.1. The third kappa shape index (κ3) is 5.06. The monoisotopic (exact) mass is 518 g/mol. The van der Waals surface area contributed by atoms with Crippen LogP contribution in [0.1, 0.15) is 35.6 Å². The van der Waals surface area contributed by atoms with Crippen LogP contribution in [0.25, 0.3) is 22.3 Å². The predicted molar refractivity (Wildman–Crippen MR) is 150 cm³/mol. The Morgan fingerprint density at radius 3 is 2.59 bits per heavy atom.